The minimum absolute atomic E-state index is 0.155. The largest absolute Gasteiger partial charge is 0.491 e. The van der Waals surface area contributed by atoms with Gasteiger partial charge in [-0.15, -0.1) is 0 Å². The molecule has 1 aromatic rings. The first-order valence-corrected chi connectivity index (χ1v) is 10.9. The average molecular weight is 394 g/mol. The number of nitrogens with zero attached hydrogens (tertiary/aromatic N) is 1. The van der Waals surface area contributed by atoms with Gasteiger partial charge in [0.25, 0.3) is 0 Å². The highest BCUT2D eigenvalue weighted by Gasteiger charge is 2.32. The topological polar surface area (TPSA) is 54.9 Å². The van der Waals surface area contributed by atoms with Crippen LogP contribution in [0.4, 0.5) is 0 Å². The van der Waals surface area contributed by atoms with Gasteiger partial charge in [0.1, 0.15) is 5.75 Å². The lowest BCUT2D eigenvalue weighted by atomic mass is 9.99. The Bertz CT molecular complexity index is 608. The fourth-order valence-corrected chi connectivity index (χ4v) is 4.48. The molecule has 5 nitrogen and oxygen atoms in total. The zero-order valence-electron chi connectivity index (χ0n) is 17.4. The highest BCUT2D eigenvalue weighted by Crippen LogP contribution is 2.34. The maximum Gasteiger partial charge on any atom is 0.191 e. The third-order valence-corrected chi connectivity index (χ3v) is 6.14. The Morgan fingerprint density at radius 2 is 2.04 bits per heavy atom. The van der Waals surface area contributed by atoms with Crippen molar-refractivity contribution in [3.63, 3.8) is 0 Å². The number of aliphatic imine (C=N–C) groups is 1. The minimum atomic E-state index is 0.155. The predicted octanol–water partition coefficient (Wildman–Crippen LogP) is 3.75. The highest BCUT2D eigenvalue weighted by atomic mass is 32.2. The molecule has 0 spiro atoms. The summed E-state index contributed by atoms with van der Waals surface area (Å²) in [5.74, 6) is 2.89. The number of hydrogen-bond donors (Lipinski definition) is 2. The van der Waals surface area contributed by atoms with Gasteiger partial charge >= 0.3 is 0 Å². The summed E-state index contributed by atoms with van der Waals surface area (Å²) in [6, 6.07) is 6.34. The molecule has 1 saturated heterocycles. The van der Waals surface area contributed by atoms with Gasteiger partial charge < -0.3 is 20.1 Å². The summed E-state index contributed by atoms with van der Waals surface area (Å²) in [7, 11) is 1.82. The van der Waals surface area contributed by atoms with E-state index >= 15 is 0 Å². The molecule has 0 saturated carbocycles. The maximum absolute atomic E-state index is 5.98. The van der Waals surface area contributed by atoms with Gasteiger partial charge in [0.15, 0.2) is 5.96 Å². The first kappa shape index (κ1) is 21.9. The molecular weight excluding hydrogens is 358 g/mol. The van der Waals surface area contributed by atoms with Crippen LogP contribution in [0.2, 0.25) is 0 Å². The van der Waals surface area contributed by atoms with Crippen LogP contribution in [0.1, 0.15) is 44.7 Å². The summed E-state index contributed by atoms with van der Waals surface area (Å²) in [5.41, 5.74) is 2.34. The Kier molecular flexibility index (Phi) is 8.77. The van der Waals surface area contributed by atoms with Crippen molar-refractivity contribution in [2.75, 3.05) is 32.6 Å². The number of aryl methyl sites for hydroxylation is 1. The lowest BCUT2D eigenvalue weighted by Gasteiger charge is -2.37. The lowest BCUT2D eigenvalue weighted by Crippen LogP contribution is -2.48. The molecule has 0 amide bonds. The summed E-state index contributed by atoms with van der Waals surface area (Å²) >= 11 is 2.03. The van der Waals surface area contributed by atoms with Crippen molar-refractivity contribution in [2.45, 2.75) is 57.9 Å². The summed E-state index contributed by atoms with van der Waals surface area (Å²) in [6.07, 6.45) is 2.32. The second kappa shape index (κ2) is 10.8. The van der Waals surface area contributed by atoms with Crippen LogP contribution >= 0.6 is 11.8 Å². The average Bonchev–Trinajstić information content (AvgIpc) is 2.64. The molecule has 0 aliphatic carbocycles. The van der Waals surface area contributed by atoms with Crippen molar-refractivity contribution in [2.24, 2.45) is 4.99 Å². The number of ether oxygens (including phenoxy) is 2. The number of nitrogens with one attached hydrogen (secondary N) is 2. The minimum Gasteiger partial charge on any atom is -0.491 e. The van der Waals surface area contributed by atoms with E-state index in [9.17, 15) is 0 Å². The Morgan fingerprint density at radius 1 is 1.30 bits per heavy atom. The van der Waals surface area contributed by atoms with E-state index in [1.807, 2.05) is 18.8 Å². The van der Waals surface area contributed by atoms with Crippen molar-refractivity contribution in [3.8, 4) is 5.75 Å². The first-order chi connectivity index (χ1) is 13.0. The van der Waals surface area contributed by atoms with Crippen molar-refractivity contribution >= 4 is 17.7 Å². The normalized spacial score (nSPS) is 17.0. The van der Waals surface area contributed by atoms with Crippen molar-refractivity contribution < 1.29 is 9.47 Å². The summed E-state index contributed by atoms with van der Waals surface area (Å²) < 4.78 is 11.8. The fourth-order valence-electron chi connectivity index (χ4n) is 3.24. The first-order valence-electron chi connectivity index (χ1n) is 9.90. The van der Waals surface area contributed by atoms with Gasteiger partial charge in [-0.25, -0.2) is 0 Å². The number of hydrogen-bond acceptors (Lipinski definition) is 4. The van der Waals surface area contributed by atoms with Crippen LogP contribution in [-0.4, -0.2) is 49.4 Å². The number of guanidine groups is 1. The highest BCUT2D eigenvalue weighted by molar-refractivity contribution is 8.00. The summed E-state index contributed by atoms with van der Waals surface area (Å²) in [4.78, 5) is 4.40. The second-order valence-electron chi connectivity index (χ2n) is 7.29. The van der Waals surface area contributed by atoms with Crippen LogP contribution in [0.3, 0.4) is 0 Å². The molecule has 0 bridgehead atoms. The molecule has 1 aromatic carbocycles. The SMILES string of the molecule is CCSC1(CNC(=NC)NCc2ccc(C)cc2OC(C)C)CCOCC1. The molecule has 152 valence electrons. The number of thioether (sulfide) groups is 1. The zero-order valence-corrected chi connectivity index (χ0v) is 18.2. The van der Waals surface area contributed by atoms with E-state index in [2.05, 4.69) is 61.5 Å². The molecule has 6 heteroatoms. The molecule has 1 aliphatic heterocycles. The summed E-state index contributed by atoms with van der Waals surface area (Å²) in [5, 5.41) is 6.96. The lowest BCUT2D eigenvalue weighted by molar-refractivity contribution is 0.0782. The molecule has 0 aromatic heterocycles. The smallest absolute Gasteiger partial charge is 0.191 e. The second-order valence-corrected chi connectivity index (χ2v) is 9.02. The van der Waals surface area contributed by atoms with Crippen molar-refractivity contribution in [1.82, 2.24) is 10.6 Å². The van der Waals surface area contributed by atoms with Gasteiger partial charge in [-0.05, 0) is 51.0 Å². The van der Waals surface area contributed by atoms with Gasteiger partial charge in [-0.3, -0.25) is 4.99 Å². The van der Waals surface area contributed by atoms with Crippen LogP contribution in [0, 0.1) is 6.92 Å². The van der Waals surface area contributed by atoms with E-state index < -0.39 is 0 Å². The molecule has 27 heavy (non-hydrogen) atoms. The molecule has 2 rings (SSSR count). The van der Waals surface area contributed by atoms with Crippen molar-refractivity contribution in [1.29, 1.82) is 0 Å². The molecular formula is C21H35N3O2S. The van der Waals surface area contributed by atoms with Gasteiger partial charge in [-0.1, -0.05) is 19.1 Å². The molecule has 0 atom stereocenters. The Morgan fingerprint density at radius 3 is 2.67 bits per heavy atom. The Hall–Kier alpha value is -1.40. The van der Waals surface area contributed by atoms with Crippen molar-refractivity contribution in [3.05, 3.63) is 29.3 Å². The number of benzene rings is 1. The predicted molar refractivity (Wildman–Crippen MR) is 116 cm³/mol. The van der Waals surface area contributed by atoms with E-state index in [0.29, 0.717) is 6.54 Å². The molecule has 0 unspecified atom stereocenters. The third-order valence-electron chi connectivity index (χ3n) is 4.69. The fraction of sp³-hybridized carbons (Fsp3) is 0.667. The molecule has 2 N–H and O–H groups in total. The third kappa shape index (κ3) is 6.92. The van der Waals surface area contributed by atoms with Gasteiger partial charge in [-0.2, -0.15) is 11.8 Å². The summed E-state index contributed by atoms with van der Waals surface area (Å²) in [6.45, 7) is 11.7. The van der Waals surface area contributed by atoms with Crippen LogP contribution < -0.4 is 15.4 Å². The van der Waals surface area contributed by atoms with Gasteiger partial charge in [0.05, 0.1) is 6.10 Å². The van der Waals surface area contributed by atoms with Crippen LogP contribution in [-0.2, 0) is 11.3 Å². The van der Waals surface area contributed by atoms with Crippen LogP contribution in [0.15, 0.2) is 23.2 Å². The van der Waals surface area contributed by atoms with Crippen LogP contribution in [0.5, 0.6) is 5.75 Å². The number of rotatable bonds is 8. The zero-order chi connectivity index (χ0) is 19.7. The maximum atomic E-state index is 5.98. The van der Waals surface area contributed by atoms with Gasteiger partial charge in [0, 0.05) is 43.7 Å². The van der Waals surface area contributed by atoms with E-state index in [0.717, 1.165) is 55.6 Å². The molecule has 0 radical (unpaired) electrons. The van der Waals surface area contributed by atoms with E-state index in [4.69, 9.17) is 9.47 Å². The quantitative estimate of drug-likeness (QED) is 0.520. The standard InChI is InChI=1S/C21H35N3O2S/c1-6-27-21(9-11-25-12-10-21)15-24-20(22-5)23-14-18-8-7-17(4)13-19(18)26-16(2)3/h7-8,13,16H,6,9-12,14-15H2,1-5H3,(H2,22,23,24). The van der Waals surface area contributed by atoms with E-state index in [1.165, 1.54) is 5.56 Å². The molecule has 1 fully saturated rings. The van der Waals surface area contributed by atoms with Crippen LogP contribution in [0.25, 0.3) is 0 Å². The van der Waals surface area contributed by atoms with Gasteiger partial charge in [0.2, 0.25) is 0 Å². The van der Waals surface area contributed by atoms with E-state index in [-0.39, 0.29) is 10.9 Å². The molecule has 1 heterocycles. The monoisotopic (exact) mass is 393 g/mol. The Balaban J connectivity index is 1.95. The Labute approximate surface area is 168 Å². The molecule has 1 aliphatic rings. The van der Waals surface area contributed by atoms with E-state index in [1.54, 1.807) is 0 Å².